The zero-order valence-corrected chi connectivity index (χ0v) is 39.6. The lowest BCUT2D eigenvalue weighted by molar-refractivity contribution is -0.236. The first-order valence-electron chi connectivity index (χ1n) is 23.7. The second-order valence-electron chi connectivity index (χ2n) is 22.9. The summed E-state index contributed by atoms with van der Waals surface area (Å²) < 4.78 is 6.43. The fourth-order valence-electron chi connectivity index (χ4n) is 15.2. The van der Waals surface area contributed by atoms with Gasteiger partial charge < -0.3 is 26.2 Å². The van der Waals surface area contributed by atoms with Crippen molar-refractivity contribution in [3.63, 3.8) is 0 Å². The average Bonchev–Trinajstić information content (AvgIpc) is 3.48. The molecular formula is C51H74ClN3O7. The molecule has 0 spiro atoms. The van der Waals surface area contributed by atoms with Gasteiger partial charge in [0.1, 0.15) is 6.10 Å². The Morgan fingerprint density at radius 2 is 1.56 bits per heavy atom. The van der Waals surface area contributed by atoms with Gasteiger partial charge in [0, 0.05) is 46.8 Å². The lowest BCUT2D eigenvalue weighted by atomic mass is 9.33. The largest absolute Gasteiger partial charge is 0.481 e. The highest BCUT2D eigenvalue weighted by Gasteiger charge is 2.70. The molecule has 0 heterocycles. The van der Waals surface area contributed by atoms with Crippen molar-refractivity contribution in [3.8, 4) is 0 Å². The molecule has 2 amide bonds. The van der Waals surface area contributed by atoms with E-state index in [1.807, 2.05) is 13.8 Å². The van der Waals surface area contributed by atoms with Crippen molar-refractivity contribution in [2.45, 2.75) is 158 Å². The molecule has 1 unspecified atom stereocenters. The predicted molar refractivity (Wildman–Crippen MR) is 241 cm³/mol. The number of carbonyl (C=O) groups excluding carboxylic acids is 4. The van der Waals surface area contributed by atoms with Crippen molar-refractivity contribution in [2.24, 2.45) is 73.7 Å². The quantitative estimate of drug-likeness (QED) is 0.143. The summed E-state index contributed by atoms with van der Waals surface area (Å²) in [7, 11) is 0. The standard InChI is InChI=1S/C51H74ClN3O7/c1-29(2)41-36(56)26-51(27-40(57)55-32(11-10-24-53)28-54-43(58)30-12-14-31(52)15-13-30)23-22-49(8)33(42(41)51)16-17-38-48(7)20-19-39(47(5,6)37(48)18-21-50(38,49)9)62-45(61)35-25-34(44(59)60)46(35,3)4/h12-15,29,32-35,37-39H,10-11,16-28,53H2,1-9H3,(H,54,58)(H,55,57)(H,59,60)/t32?,33-,34+,35-,37+,38-,39+,48+,49-,50-,51+/m1/s1. The van der Waals surface area contributed by atoms with E-state index in [2.05, 4.69) is 59.1 Å². The van der Waals surface area contributed by atoms with Gasteiger partial charge in [0.2, 0.25) is 5.91 Å². The number of Topliss-reactive ketones (excluding diaryl/α,β-unsaturated/α-hetero) is 1. The molecule has 11 atom stereocenters. The monoisotopic (exact) mass is 876 g/mol. The van der Waals surface area contributed by atoms with Gasteiger partial charge in [0.25, 0.3) is 5.91 Å². The highest BCUT2D eigenvalue weighted by atomic mass is 35.5. The number of carboxylic acids is 1. The van der Waals surface area contributed by atoms with Crippen LogP contribution in [0.15, 0.2) is 35.4 Å². The van der Waals surface area contributed by atoms with E-state index < -0.39 is 28.6 Å². The topological polar surface area (TPSA) is 165 Å². The first kappa shape index (κ1) is 46.7. The number of allylic oxidation sites excluding steroid dienone is 2. The number of amides is 2. The number of aliphatic carboxylic acids is 1. The van der Waals surface area contributed by atoms with Gasteiger partial charge in [-0.1, -0.05) is 79.5 Å². The summed E-state index contributed by atoms with van der Waals surface area (Å²) in [5.74, 6) is -1.06. The lowest BCUT2D eigenvalue weighted by Crippen LogP contribution is -2.66. The van der Waals surface area contributed by atoms with E-state index in [1.54, 1.807) is 24.3 Å². The molecule has 0 saturated heterocycles. The second-order valence-corrected chi connectivity index (χ2v) is 23.3. The van der Waals surface area contributed by atoms with Crippen LogP contribution in [-0.2, 0) is 23.9 Å². The molecule has 1 aromatic rings. The molecule has 342 valence electrons. The fourth-order valence-corrected chi connectivity index (χ4v) is 15.3. The summed E-state index contributed by atoms with van der Waals surface area (Å²) in [6, 6.07) is 6.43. The average molecular weight is 877 g/mol. The lowest BCUT2D eigenvalue weighted by Gasteiger charge is -2.72. The molecule has 0 radical (unpaired) electrons. The maximum atomic E-state index is 14.3. The molecule has 0 aliphatic heterocycles. The molecule has 1 aromatic carbocycles. The number of halogens is 1. The maximum absolute atomic E-state index is 14.3. The van der Waals surface area contributed by atoms with Gasteiger partial charge in [-0.25, -0.2) is 0 Å². The number of nitrogens with two attached hydrogens (primary N) is 1. The highest BCUT2D eigenvalue weighted by Crippen LogP contribution is 2.77. The normalized spacial score (nSPS) is 37.2. The van der Waals surface area contributed by atoms with Crippen LogP contribution < -0.4 is 16.4 Å². The summed E-state index contributed by atoms with van der Waals surface area (Å²) in [5.41, 5.74) is 7.21. The third-order valence-electron chi connectivity index (χ3n) is 18.9. The van der Waals surface area contributed by atoms with Crippen LogP contribution in [-0.4, -0.2) is 59.9 Å². The Balaban J connectivity index is 1.09. The molecule has 6 aliphatic rings. The first-order chi connectivity index (χ1) is 29.0. The van der Waals surface area contributed by atoms with Crippen molar-refractivity contribution in [1.82, 2.24) is 10.6 Å². The summed E-state index contributed by atoms with van der Waals surface area (Å²) in [6.45, 7) is 21.0. The Bertz CT molecular complexity index is 1990. The zero-order chi connectivity index (χ0) is 45.4. The fraction of sp³-hybridized carbons (Fsp3) is 0.745. The van der Waals surface area contributed by atoms with Crippen LogP contribution in [0.1, 0.15) is 156 Å². The molecule has 5 fully saturated rings. The van der Waals surface area contributed by atoms with Crippen LogP contribution >= 0.6 is 11.6 Å². The summed E-state index contributed by atoms with van der Waals surface area (Å²) in [6.07, 6.45) is 9.70. The number of ketones is 1. The molecule has 5 N–H and O–H groups in total. The molecule has 0 bridgehead atoms. The van der Waals surface area contributed by atoms with Gasteiger partial charge in [0.05, 0.1) is 11.8 Å². The molecule has 7 rings (SSSR count). The SMILES string of the molecule is CC(C)C1=C2[C@H]3CC[C@@H]4[C@@]5(C)CC[C@H](OC(=O)[C@H]6C[C@@H](C(=O)O)C6(C)C)C(C)(C)[C@@H]5CC[C@@]4(C)[C@]3(C)CC[C@@]2(CC(=O)NC(CCCN)CNC(=O)c2ccc(Cl)cc2)CC1=O. The van der Waals surface area contributed by atoms with E-state index in [0.29, 0.717) is 54.6 Å². The van der Waals surface area contributed by atoms with E-state index >= 15 is 0 Å². The van der Waals surface area contributed by atoms with Gasteiger partial charge in [-0.2, -0.15) is 0 Å². The van der Waals surface area contributed by atoms with Crippen molar-refractivity contribution < 1.29 is 33.8 Å². The number of esters is 1. The minimum absolute atomic E-state index is 0.00726. The van der Waals surface area contributed by atoms with Crippen molar-refractivity contribution in [2.75, 3.05) is 13.1 Å². The number of carboxylic acid groups (broad SMARTS) is 1. The number of hydrogen-bond acceptors (Lipinski definition) is 7. The van der Waals surface area contributed by atoms with Gasteiger partial charge in [-0.05, 0) is 152 Å². The number of carbonyl (C=O) groups is 5. The van der Waals surface area contributed by atoms with Crippen LogP contribution in [0.4, 0.5) is 0 Å². The molecule has 10 nitrogen and oxygen atoms in total. The van der Waals surface area contributed by atoms with Gasteiger partial charge >= 0.3 is 11.9 Å². The van der Waals surface area contributed by atoms with E-state index in [1.165, 1.54) is 5.57 Å². The molecular weight excluding hydrogens is 802 g/mol. The van der Waals surface area contributed by atoms with Crippen LogP contribution in [0.25, 0.3) is 0 Å². The molecule has 6 aliphatic carbocycles. The summed E-state index contributed by atoms with van der Waals surface area (Å²) in [4.78, 5) is 67.1. The minimum Gasteiger partial charge on any atom is -0.481 e. The molecule has 5 saturated carbocycles. The number of fused-ring (bicyclic) bond motifs is 7. The van der Waals surface area contributed by atoms with Gasteiger partial charge in [-0.15, -0.1) is 0 Å². The third-order valence-corrected chi connectivity index (χ3v) is 19.1. The molecule has 11 heteroatoms. The highest BCUT2D eigenvalue weighted by molar-refractivity contribution is 6.30. The summed E-state index contributed by atoms with van der Waals surface area (Å²) in [5, 5.41) is 16.5. The molecule has 0 aromatic heterocycles. The predicted octanol–water partition coefficient (Wildman–Crippen LogP) is 9.32. The smallest absolute Gasteiger partial charge is 0.309 e. The van der Waals surface area contributed by atoms with E-state index in [4.69, 9.17) is 22.1 Å². The number of ether oxygens (including phenoxy) is 1. The number of nitrogens with one attached hydrogen (secondary N) is 2. The van der Waals surface area contributed by atoms with Crippen molar-refractivity contribution in [3.05, 3.63) is 46.0 Å². The van der Waals surface area contributed by atoms with Crippen LogP contribution in [0.2, 0.25) is 5.02 Å². The first-order valence-corrected chi connectivity index (χ1v) is 24.1. The Morgan fingerprint density at radius 1 is 0.871 bits per heavy atom. The zero-order valence-electron chi connectivity index (χ0n) is 38.9. The minimum atomic E-state index is -0.843. The Morgan fingerprint density at radius 3 is 2.19 bits per heavy atom. The number of benzene rings is 1. The Kier molecular flexibility index (Phi) is 12.5. The van der Waals surface area contributed by atoms with Crippen molar-refractivity contribution in [1.29, 1.82) is 0 Å². The van der Waals surface area contributed by atoms with E-state index in [-0.39, 0.29) is 82.2 Å². The summed E-state index contributed by atoms with van der Waals surface area (Å²) >= 11 is 6.04. The Hall–Kier alpha value is -3.24. The number of rotatable bonds is 13. The molecule has 62 heavy (non-hydrogen) atoms. The van der Waals surface area contributed by atoms with Gasteiger partial charge in [-0.3, -0.25) is 24.0 Å². The third kappa shape index (κ3) is 7.56. The van der Waals surface area contributed by atoms with Crippen LogP contribution in [0.5, 0.6) is 0 Å². The number of hydrogen-bond donors (Lipinski definition) is 4. The Labute approximate surface area is 375 Å². The van der Waals surface area contributed by atoms with Crippen LogP contribution in [0.3, 0.4) is 0 Å². The van der Waals surface area contributed by atoms with E-state index in [0.717, 1.165) is 56.9 Å². The maximum Gasteiger partial charge on any atom is 0.309 e. The van der Waals surface area contributed by atoms with Crippen molar-refractivity contribution >= 4 is 41.1 Å². The second kappa shape index (κ2) is 16.6. The van der Waals surface area contributed by atoms with Crippen LogP contribution in [0, 0.1) is 68.0 Å². The van der Waals surface area contributed by atoms with E-state index in [9.17, 15) is 29.1 Å². The van der Waals surface area contributed by atoms with Gasteiger partial charge in [0.15, 0.2) is 5.78 Å².